The van der Waals surface area contributed by atoms with E-state index in [4.69, 9.17) is 4.52 Å². The van der Waals surface area contributed by atoms with Gasteiger partial charge in [-0.15, -0.1) is 0 Å². The first-order valence-corrected chi connectivity index (χ1v) is 11.1. The molecule has 1 aliphatic rings. The number of amides is 1. The van der Waals surface area contributed by atoms with Gasteiger partial charge in [0.25, 0.3) is 0 Å². The number of benzene rings is 2. The summed E-state index contributed by atoms with van der Waals surface area (Å²) in [6, 6.07) is 13.4. The molecular formula is C21H22N4O4S. The van der Waals surface area contributed by atoms with Crippen molar-refractivity contribution in [3.05, 3.63) is 60.0 Å². The van der Waals surface area contributed by atoms with Gasteiger partial charge in [0.05, 0.1) is 4.90 Å². The second-order valence-corrected chi connectivity index (χ2v) is 9.20. The molecule has 0 spiro atoms. The molecule has 3 aromatic rings. The third kappa shape index (κ3) is 3.99. The van der Waals surface area contributed by atoms with Crippen LogP contribution in [0.5, 0.6) is 0 Å². The topological polar surface area (TPSA) is 105 Å². The molecule has 2 aromatic carbocycles. The van der Waals surface area contributed by atoms with Gasteiger partial charge < -0.3 is 9.84 Å². The molecule has 1 saturated heterocycles. The Hall–Kier alpha value is -3.04. The fourth-order valence-electron chi connectivity index (χ4n) is 3.60. The van der Waals surface area contributed by atoms with E-state index in [1.165, 1.54) is 23.4 Å². The van der Waals surface area contributed by atoms with Crippen molar-refractivity contribution in [2.75, 3.05) is 11.9 Å². The van der Waals surface area contributed by atoms with Crippen LogP contribution >= 0.6 is 0 Å². The summed E-state index contributed by atoms with van der Waals surface area (Å²) >= 11 is 0. The summed E-state index contributed by atoms with van der Waals surface area (Å²) < 4.78 is 33.3. The molecule has 2 heterocycles. The lowest BCUT2D eigenvalue weighted by molar-refractivity contribution is -0.114. The van der Waals surface area contributed by atoms with Crippen molar-refractivity contribution in [1.29, 1.82) is 0 Å². The number of nitrogens with zero attached hydrogens (tertiary/aromatic N) is 3. The first-order chi connectivity index (χ1) is 14.3. The van der Waals surface area contributed by atoms with E-state index in [2.05, 4.69) is 15.5 Å². The number of hydrogen-bond donors (Lipinski definition) is 1. The minimum Gasteiger partial charge on any atom is -0.337 e. The van der Waals surface area contributed by atoms with Crippen molar-refractivity contribution < 1.29 is 17.7 Å². The molecule has 1 unspecified atom stereocenters. The molecule has 0 radical (unpaired) electrons. The highest BCUT2D eigenvalue weighted by Gasteiger charge is 2.39. The standard InChI is InChI=1S/C21H22N4O4S/c1-14-5-3-6-16(13-14)20-23-21(29-24-20)19-7-4-12-25(19)30(27,28)18-10-8-17(9-11-18)22-15(2)26/h3,5-6,8-11,13,19H,4,7,12H2,1-2H3,(H,22,26). The molecule has 0 saturated carbocycles. The van der Waals surface area contributed by atoms with Gasteiger partial charge in [-0.1, -0.05) is 28.9 Å². The van der Waals surface area contributed by atoms with E-state index in [1.54, 1.807) is 12.1 Å². The molecule has 30 heavy (non-hydrogen) atoms. The second kappa shape index (κ2) is 8.00. The van der Waals surface area contributed by atoms with Crippen LogP contribution < -0.4 is 5.32 Å². The molecule has 4 rings (SSSR count). The van der Waals surface area contributed by atoms with Crippen LogP contribution in [0.15, 0.2) is 57.9 Å². The first kappa shape index (κ1) is 20.2. The Morgan fingerprint density at radius 2 is 1.97 bits per heavy atom. The quantitative estimate of drug-likeness (QED) is 0.669. The van der Waals surface area contributed by atoms with Gasteiger partial charge in [-0.3, -0.25) is 4.79 Å². The highest BCUT2D eigenvalue weighted by atomic mass is 32.2. The molecule has 0 bridgehead atoms. The third-order valence-electron chi connectivity index (χ3n) is 4.99. The molecule has 8 nitrogen and oxygen atoms in total. The smallest absolute Gasteiger partial charge is 0.245 e. The molecule has 1 fully saturated rings. The van der Waals surface area contributed by atoms with Crippen molar-refractivity contribution in [1.82, 2.24) is 14.4 Å². The van der Waals surface area contributed by atoms with Gasteiger partial charge in [-0.25, -0.2) is 8.42 Å². The van der Waals surface area contributed by atoms with Crippen LogP contribution in [0.3, 0.4) is 0 Å². The maximum atomic E-state index is 13.2. The number of nitrogens with one attached hydrogen (secondary N) is 1. The number of hydrogen-bond acceptors (Lipinski definition) is 6. The fraction of sp³-hybridized carbons (Fsp3) is 0.286. The molecule has 1 N–H and O–H groups in total. The minimum absolute atomic E-state index is 0.155. The monoisotopic (exact) mass is 426 g/mol. The Morgan fingerprint density at radius 3 is 2.67 bits per heavy atom. The summed E-state index contributed by atoms with van der Waals surface area (Å²) in [6.45, 7) is 3.75. The van der Waals surface area contributed by atoms with Gasteiger partial charge >= 0.3 is 0 Å². The number of anilines is 1. The second-order valence-electron chi connectivity index (χ2n) is 7.31. The molecule has 1 aromatic heterocycles. The maximum absolute atomic E-state index is 13.2. The average Bonchev–Trinajstić information content (AvgIpc) is 3.38. The molecule has 9 heteroatoms. The van der Waals surface area contributed by atoms with E-state index in [0.29, 0.717) is 36.8 Å². The third-order valence-corrected chi connectivity index (χ3v) is 6.91. The Bertz CT molecular complexity index is 1170. The van der Waals surface area contributed by atoms with Crippen LogP contribution in [-0.4, -0.2) is 35.3 Å². The number of aromatic nitrogens is 2. The summed E-state index contributed by atoms with van der Waals surface area (Å²) in [5.74, 6) is 0.520. The van der Waals surface area contributed by atoms with Crippen LogP contribution in [-0.2, 0) is 14.8 Å². The zero-order valence-corrected chi connectivity index (χ0v) is 17.5. The number of carbonyl (C=O) groups excluding carboxylic acids is 1. The van der Waals surface area contributed by atoms with Gasteiger partial charge in [0.15, 0.2) is 0 Å². The number of sulfonamides is 1. The van der Waals surface area contributed by atoms with Gasteiger partial charge in [0, 0.05) is 24.7 Å². The predicted molar refractivity (Wildman–Crippen MR) is 111 cm³/mol. The largest absolute Gasteiger partial charge is 0.337 e. The lowest BCUT2D eigenvalue weighted by atomic mass is 10.1. The van der Waals surface area contributed by atoms with Crippen LogP contribution in [0.25, 0.3) is 11.4 Å². The lowest BCUT2D eigenvalue weighted by Crippen LogP contribution is -2.30. The number of rotatable bonds is 5. The fourth-order valence-corrected chi connectivity index (χ4v) is 5.25. The summed E-state index contributed by atoms with van der Waals surface area (Å²) in [7, 11) is -3.75. The highest BCUT2D eigenvalue weighted by Crippen LogP contribution is 2.36. The highest BCUT2D eigenvalue weighted by molar-refractivity contribution is 7.89. The summed E-state index contributed by atoms with van der Waals surface area (Å²) in [4.78, 5) is 15.8. The Balaban J connectivity index is 1.59. The van der Waals surface area contributed by atoms with Crippen LogP contribution in [0.2, 0.25) is 0 Å². The van der Waals surface area contributed by atoms with Crippen LogP contribution in [0.4, 0.5) is 5.69 Å². The van der Waals surface area contributed by atoms with E-state index in [9.17, 15) is 13.2 Å². The van der Waals surface area contributed by atoms with Gasteiger partial charge in [0.1, 0.15) is 6.04 Å². The van der Waals surface area contributed by atoms with Crippen molar-refractivity contribution in [2.24, 2.45) is 0 Å². The molecular weight excluding hydrogens is 404 g/mol. The molecule has 1 amide bonds. The molecule has 0 aliphatic carbocycles. The SMILES string of the molecule is CC(=O)Nc1ccc(S(=O)(=O)N2CCCC2c2nc(-c3cccc(C)c3)no2)cc1. The van der Waals surface area contributed by atoms with Crippen molar-refractivity contribution >= 4 is 21.6 Å². The molecule has 1 aliphatic heterocycles. The lowest BCUT2D eigenvalue weighted by Gasteiger charge is -2.21. The van der Waals surface area contributed by atoms with Crippen LogP contribution in [0, 0.1) is 6.92 Å². The zero-order chi connectivity index (χ0) is 21.3. The predicted octanol–water partition coefficient (Wildman–Crippen LogP) is 3.53. The Kier molecular flexibility index (Phi) is 5.40. The van der Waals surface area contributed by atoms with E-state index >= 15 is 0 Å². The number of aryl methyl sites for hydroxylation is 1. The summed E-state index contributed by atoms with van der Waals surface area (Å²) in [5.41, 5.74) is 2.44. The minimum atomic E-state index is -3.75. The maximum Gasteiger partial charge on any atom is 0.245 e. The first-order valence-electron chi connectivity index (χ1n) is 9.65. The summed E-state index contributed by atoms with van der Waals surface area (Å²) in [5, 5.41) is 6.68. The van der Waals surface area contributed by atoms with Crippen molar-refractivity contribution in [3.8, 4) is 11.4 Å². The average molecular weight is 426 g/mol. The van der Waals surface area contributed by atoms with E-state index in [0.717, 1.165) is 11.1 Å². The van der Waals surface area contributed by atoms with E-state index in [-0.39, 0.29) is 10.8 Å². The molecule has 1 atom stereocenters. The van der Waals surface area contributed by atoms with Gasteiger partial charge in [-0.2, -0.15) is 9.29 Å². The van der Waals surface area contributed by atoms with Gasteiger partial charge in [0.2, 0.25) is 27.6 Å². The van der Waals surface area contributed by atoms with E-state index < -0.39 is 16.1 Å². The van der Waals surface area contributed by atoms with Crippen molar-refractivity contribution in [3.63, 3.8) is 0 Å². The Morgan fingerprint density at radius 1 is 1.20 bits per heavy atom. The van der Waals surface area contributed by atoms with Gasteiger partial charge in [-0.05, 0) is 50.1 Å². The molecule has 156 valence electrons. The summed E-state index contributed by atoms with van der Waals surface area (Å²) in [6.07, 6.45) is 1.31. The number of carbonyl (C=O) groups is 1. The van der Waals surface area contributed by atoms with Crippen LogP contribution in [0.1, 0.15) is 37.3 Å². The zero-order valence-electron chi connectivity index (χ0n) is 16.7. The Labute approximate surface area is 175 Å². The normalized spacial score (nSPS) is 17.2. The van der Waals surface area contributed by atoms with E-state index in [1.807, 2.05) is 31.2 Å². The van der Waals surface area contributed by atoms with Crippen molar-refractivity contribution in [2.45, 2.75) is 37.6 Å².